The molecule has 0 aliphatic heterocycles. The third kappa shape index (κ3) is 5.52. The van der Waals surface area contributed by atoms with E-state index in [2.05, 4.69) is 21.2 Å². The zero-order valence-electron chi connectivity index (χ0n) is 16.3. The van der Waals surface area contributed by atoms with E-state index in [1.54, 1.807) is 36.4 Å². The van der Waals surface area contributed by atoms with Gasteiger partial charge in [0.1, 0.15) is 11.5 Å². The first-order valence-electron chi connectivity index (χ1n) is 8.97. The van der Waals surface area contributed by atoms with Crippen molar-refractivity contribution in [2.45, 2.75) is 4.90 Å². The van der Waals surface area contributed by atoms with Crippen LogP contribution in [-0.4, -0.2) is 33.0 Å². The van der Waals surface area contributed by atoms with E-state index in [1.165, 1.54) is 37.4 Å². The van der Waals surface area contributed by atoms with Crippen molar-refractivity contribution in [1.82, 2.24) is 0 Å². The van der Waals surface area contributed by atoms with Crippen molar-refractivity contribution >= 4 is 54.7 Å². The van der Waals surface area contributed by atoms with Crippen LogP contribution in [-0.2, 0) is 14.6 Å². The highest BCUT2D eigenvalue weighted by atomic mass is 79.9. The average Bonchev–Trinajstić information content (AvgIpc) is 2.74. The second kappa shape index (κ2) is 9.64. The van der Waals surface area contributed by atoms with Gasteiger partial charge in [0.25, 0.3) is 0 Å². The van der Waals surface area contributed by atoms with Crippen LogP contribution in [0.4, 0.5) is 5.69 Å². The Morgan fingerprint density at radius 2 is 1.68 bits per heavy atom. The predicted octanol–water partition coefficient (Wildman–Crippen LogP) is 4.75. The SMILES string of the molecule is COc1ccc(S(=O)(=O)CC(=O)Nc2ccc(Br)cc2C(=O)c2ccccc2Cl)cc1. The largest absolute Gasteiger partial charge is 0.497 e. The van der Waals surface area contributed by atoms with Gasteiger partial charge in [-0.25, -0.2) is 8.42 Å². The Morgan fingerprint density at radius 1 is 1.00 bits per heavy atom. The normalized spacial score (nSPS) is 11.1. The fourth-order valence-corrected chi connectivity index (χ4v) is 4.55. The molecule has 6 nitrogen and oxygen atoms in total. The van der Waals surface area contributed by atoms with Crippen LogP contribution >= 0.6 is 27.5 Å². The molecular weight excluding hydrogens is 506 g/mol. The Hall–Kier alpha value is -2.68. The summed E-state index contributed by atoms with van der Waals surface area (Å²) < 4.78 is 30.8. The molecule has 0 atom stereocenters. The molecule has 3 rings (SSSR count). The van der Waals surface area contributed by atoms with Crippen LogP contribution in [0.15, 0.2) is 76.1 Å². The Kier molecular flexibility index (Phi) is 7.15. The zero-order chi connectivity index (χ0) is 22.6. The minimum atomic E-state index is -3.89. The maximum Gasteiger partial charge on any atom is 0.239 e. The van der Waals surface area contributed by atoms with E-state index in [0.29, 0.717) is 10.2 Å². The number of carbonyl (C=O) groups is 2. The van der Waals surface area contributed by atoms with Gasteiger partial charge in [-0.3, -0.25) is 9.59 Å². The molecule has 0 unspecified atom stereocenters. The Balaban J connectivity index is 1.84. The number of halogens is 2. The number of rotatable bonds is 7. The van der Waals surface area contributed by atoms with Gasteiger partial charge >= 0.3 is 0 Å². The summed E-state index contributed by atoms with van der Waals surface area (Å²) in [5, 5.41) is 2.80. The Bertz CT molecular complexity index is 1240. The summed E-state index contributed by atoms with van der Waals surface area (Å²) in [5.41, 5.74) is 0.629. The van der Waals surface area contributed by atoms with E-state index in [0.717, 1.165) is 0 Å². The van der Waals surface area contributed by atoms with Crippen molar-refractivity contribution in [3.63, 3.8) is 0 Å². The molecule has 1 amide bonds. The van der Waals surface area contributed by atoms with Gasteiger partial charge < -0.3 is 10.1 Å². The smallest absolute Gasteiger partial charge is 0.239 e. The van der Waals surface area contributed by atoms with Crippen LogP contribution in [0.1, 0.15) is 15.9 Å². The van der Waals surface area contributed by atoms with Crippen LogP contribution in [0.3, 0.4) is 0 Å². The van der Waals surface area contributed by atoms with Gasteiger partial charge in [0.05, 0.1) is 22.7 Å². The molecule has 160 valence electrons. The lowest BCUT2D eigenvalue weighted by atomic mass is 10.0. The molecule has 0 fully saturated rings. The van der Waals surface area contributed by atoms with Gasteiger partial charge in [-0.05, 0) is 54.6 Å². The lowest BCUT2D eigenvalue weighted by molar-refractivity contribution is -0.113. The number of nitrogens with one attached hydrogen (secondary N) is 1. The molecular formula is C22H17BrClNO5S. The first-order chi connectivity index (χ1) is 14.7. The lowest BCUT2D eigenvalue weighted by Gasteiger charge is -2.12. The minimum absolute atomic E-state index is 0.00776. The predicted molar refractivity (Wildman–Crippen MR) is 123 cm³/mol. The van der Waals surface area contributed by atoms with E-state index in [-0.39, 0.29) is 26.7 Å². The van der Waals surface area contributed by atoms with Crippen molar-refractivity contribution < 1.29 is 22.7 Å². The third-order valence-corrected chi connectivity index (χ3v) is 6.81. The first-order valence-corrected chi connectivity index (χ1v) is 11.8. The highest BCUT2D eigenvalue weighted by Crippen LogP contribution is 2.27. The van der Waals surface area contributed by atoms with Crippen molar-refractivity contribution in [3.05, 3.63) is 87.4 Å². The highest BCUT2D eigenvalue weighted by molar-refractivity contribution is 9.10. The molecule has 0 heterocycles. The monoisotopic (exact) mass is 521 g/mol. The molecule has 0 spiro atoms. The molecule has 0 aliphatic carbocycles. The van der Waals surface area contributed by atoms with E-state index >= 15 is 0 Å². The number of anilines is 1. The quantitative estimate of drug-likeness (QED) is 0.452. The molecule has 0 aliphatic rings. The van der Waals surface area contributed by atoms with Crippen LogP contribution < -0.4 is 10.1 Å². The van der Waals surface area contributed by atoms with Crippen molar-refractivity contribution in [2.24, 2.45) is 0 Å². The van der Waals surface area contributed by atoms with E-state index in [1.807, 2.05) is 0 Å². The fraction of sp³-hybridized carbons (Fsp3) is 0.0909. The van der Waals surface area contributed by atoms with Gasteiger partial charge in [-0.15, -0.1) is 0 Å². The van der Waals surface area contributed by atoms with Gasteiger partial charge in [-0.2, -0.15) is 0 Å². The second-order valence-electron chi connectivity index (χ2n) is 6.48. The maximum absolute atomic E-state index is 13.0. The summed E-state index contributed by atoms with van der Waals surface area (Å²) >= 11 is 9.44. The number of sulfone groups is 1. The molecule has 0 bridgehead atoms. The molecule has 0 radical (unpaired) electrons. The number of amides is 1. The first kappa shape index (κ1) is 23.0. The molecule has 0 aromatic heterocycles. The summed E-state index contributed by atoms with van der Waals surface area (Å²) in [7, 11) is -2.42. The number of benzene rings is 3. The number of hydrogen-bond donors (Lipinski definition) is 1. The standard InChI is InChI=1S/C22H17BrClNO5S/c1-30-15-7-9-16(10-8-15)31(28,29)13-21(26)25-20-11-6-14(23)12-18(20)22(27)17-4-2-3-5-19(17)24/h2-12H,13H2,1H3,(H,25,26). The highest BCUT2D eigenvalue weighted by Gasteiger charge is 2.22. The van der Waals surface area contributed by atoms with Crippen LogP contribution in [0.25, 0.3) is 0 Å². The zero-order valence-corrected chi connectivity index (χ0v) is 19.4. The number of hydrogen-bond acceptors (Lipinski definition) is 5. The van der Waals surface area contributed by atoms with Crippen molar-refractivity contribution in [2.75, 3.05) is 18.2 Å². The van der Waals surface area contributed by atoms with Crippen molar-refractivity contribution in [1.29, 1.82) is 0 Å². The summed E-state index contributed by atoms with van der Waals surface area (Å²) in [4.78, 5) is 25.5. The third-order valence-electron chi connectivity index (χ3n) is 4.36. The topological polar surface area (TPSA) is 89.5 Å². The molecule has 31 heavy (non-hydrogen) atoms. The summed E-state index contributed by atoms with van der Waals surface area (Å²) in [6.07, 6.45) is 0. The average molecular weight is 523 g/mol. The minimum Gasteiger partial charge on any atom is -0.497 e. The lowest BCUT2D eigenvalue weighted by Crippen LogP contribution is -2.24. The van der Waals surface area contributed by atoms with Crippen LogP contribution in [0.2, 0.25) is 5.02 Å². The Morgan fingerprint density at radius 3 is 2.32 bits per heavy atom. The number of ketones is 1. The molecule has 1 N–H and O–H groups in total. The molecule has 3 aromatic carbocycles. The Labute approximate surface area is 193 Å². The van der Waals surface area contributed by atoms with Gasteiger partial charge in [0.2, 0.25) is 5.91 Å². The van der Waals surface area contributed by atoms with Gasteiger partial charge in [0.15, 0.2) is 15.6 Å². The second-order valence-corrected chi connectivity index (χ2v) is 9.79. The number of methoxy groups -OCH3 is 1. The van der Waals surface area contributed by atoms with E-state index < -0.39 is 27.3 Å². The molecule has 0 saturated heterocycles. The fourth-order valence-electron chi connectivity index (χ4n) is 2.83. The van der Waals surface area contributed by atoms with Crippen molar-refractivity contribution in [3.8, 4) is 5.75 Å². The number of carbonyl (C=O) groups excluding carboxylic acids is 2. The molecule has 9 heteroatoms. The summed E-state index contributed by atoms with van der Waals surface area (Å²) in [5.74, 6) is -1.46. The summed E-state index contributed by atoms with van der Waals surface area (Å²) in [6, 6.07) is 17.0. The van der Waals surface area contributed by atoms with E-state index in [9.17, 15) is 18.0 Å². The summed E-state index contributed by atoms with van der Waals surface area (Å²) in [6.45, 7) is 0. The van der Waals surface area contributed by atoms with Gasteiger partial charge in [0, 0.05) is 15.6 Å². The molecule has 3 aromatic rings. The molecule has 0 saturated carbocycles. The van der Waals surface area contributed by atoms with E-state index in [4.69, 9.17) is 16.3 Å². The maximum atomic E-state index is 13.0. The van der Waals surface area contributed by atoms with Crippen LogP contribution in [0, 0.1) is 0 Å². The van der Waals surface area contributed by atoms with Crippen LogP contribution in [0.5, 0.6) is 5.75 Å². The van der Waals surface area contributed by atoms with Gasteiger partial charge in [-0.1, -0.05) is 39.7 Å². The number of ether oxygens (including phenoxy) is 1.